The number of carbonyl (C=O) groups excluding carboxylic acids is 1. The monoisotopic (exact) mass is 499 g/mol. The molecule has 1 aliphatic rings. The van der Waals surface area contributed by atoms with E-state index in [0.717, 1.165) is 46.7 Å². The Kier molecular flexibility index (Phi) is 6.97. The third kappa shape index (κ3) is 4.96. The van der Waals surface area contributed by atoms with E-state index < -0.39 is 10.0 Å². The van der Waals surface area contributed by atoms with Gasteiger partial charge < -0.3 is 15.0 Å². The van der Waals surface area contributed by atoms with Crippen molar-refractivity contribution >= 4 is 44.3 Å². The molecule has 4 rings (SSSR count). The van der Waals surface area contributed by atoms with E-state index in [4.69, 9.17) is 4.74 Å². The van der Waals surface area contributed by atoms with Gasteiger partial charge in [0.05, 0.1) is 23.8 Å². The number of benzene rings is 2. The summed E-state index contributed by atoms with van der Waals surface area (Å²) in [6.45, 7) is 10.9. The van der Waals surface area contributed by atoms with Crippen LogP contribution in [0.25, 0.3) is 0 Å². The molecule has 0 saturated carbocycles. The zero-order chi connectivity index (χ0) is 24.5. The highest BCUT2D eigenvalue weighted by Crippen LogP contribution is 2.35. The Hall–Kier alpha value is -2.88. The molecule has 2 heterocycles. The van der Waals surface area contributed by atoms with E-state index >= 15 is 0 Å². The summed E-state index contributed by atoms with van der Waals surface area (Å²) in [5.41, 5.74) is 6.18. The van der Waals surface area contributed by atoms with Gasteiger partial charge in [0.2, 0.25) is 0 Å². The molecule has 2 aromatic carbocycles. The molecule has 1 aliphatic heterocycles. The van der Waals surface area contributed by atoms with Gasteiger partial charge in [-0.2, -0.15) is 0 Å². The lowest BCUT2D eigenvalue weighted by molar-refractivity contribution is 0.103. The fourth-order valence-corrected chi connectivity index (χ4v) is 6.18. The number of hydrogen-bond acceptors (Lipinski definition) is 6. The summed E-state index contributed by atoms with van der Waals surface area (Å²) >= 11 is 1.20. The Morgan fingerprint density at radius 3 is 2.35 bits per heavy atom. The SMILES string of the molecule is Cc1ccc(S(=O)(=O)Nc2ccsc2C(=O)Nc2c(C)cc(C)c(N3CCOCC3)c2C)cc1. The summed E-state index contributed by atoms with van der Waals surface area (Å²) in [5, 5.41) is 4.74. The van der Waals surface area contributed by atoms with Crippen molar-refractivity contribution in [3.63, 3.8) is 0 Å². The highest BCUT2D eigenvalue weighted by molar-refractivity contribution is 7.92. The molecule has 0 atom stereocenters. The van der Waals surface area contributed by atoms with Gasteiger partial charge in [-0.1, -0.05) is 23.8 Å². The van der Waals surface area contributed by atoms with Crippen molar-refractivity contribution in [1.29, 1.82) is 0 Å². The van der Waals surface area contributed by atoms with Gasteiger partial charge >= 0.3 is 0 Å². The molecular formula is C25H29N3O4S2. The molecule has 7 nitrogen and oxygen atoms in total. The number of nitrogens with zero attached hydrogens (tertiary/aromatic N) is 1. The first-order valence-corrected chi connectivity index (χ1v) is 13.5. The first-order chi connectivity index (χ1) is 16.2. The Bertz CT molecular complexity index is 1310. The number of aryl methyl sites for hydroxylation is 3. The van der Waals surface area contributed by atoms with Gasteiger partial charge in [0.25, 0.3) is 15.9 Å². The summed E-state index contributed by atoms with van der Waals surface area (Å²) in [6, 6.07) is 10.3. The largest absolute Gasteiger partial charge is 0.378 e. The molecule has 1 fully saturated rings. The molecule has 0 spiro atoms. The smallest absolute Gasteiger partial charge is 0.267 e. The van der Waals surface area contributed by atoms with Crippen LogP contribution in [0.4, 0.5) is 17.1 Å². The third-order valence-corrected chi connectivity index (χ3v) is 8.24. The lowest BCUT2D eigenvalue weighted by atomic mass is 10.0. The van der Waals surface area contributed by atoms with Crippen molar-refractivity contribution in [1.82, 2.24) is 0 Å². The summed E-state index contributed by atoms with van der Waals surface area (Å²) in [6.07, 6.45) is 0. The second kappa shape index (κ2) is 9.77. The number of hydrogen-bond donors (Lipinski definition) is 2. The lowest BCUT2D eigenvalue weighted by Gasteiger charge is -2.32. The average molecular weight is 500 g/mol. The van der Waals surface area contributed by atoms with Crippen molar-refractivity contribution in [2.75, 3.05) is 41.2 Å². The standard InChI is InChI=1S/C25H29N3O4S2/c1-16-5-7-20(8-6-16)34(30,31)27-21-9-14-33-24(21)25(29)26-22-17(2)15-18(3)23(19(22)4)28-10-12-32-13-11-28/h5-9,14-15,27H,10-13H2,1-4H3,(H,26,29). The molecular weight excluding hydrogens is 470 g/mol. The number of morpholine rings is 1. The molecule has 0 radical (unpaired) electrons. The quantitative estimate of drug-likeness (QED) is 0.505. The number of carbonyl (C=O) groups is 1. The van der Waals surface area contributed by atoms with Gasteiger partial charge in [-0.05, 0) is 68.0 Å². The number of thiophene rings is 1. The zero-order valence-corrected chi connectivity index (χ0v) is 21.4. The molecule has 9 heteroatoms. The topological polar surface area (TPSA) is 87.7 Å². The van der Waals surface area contributed by atoms with E-state index in [1.807, 2.05) is 20.8 Å². The Morgan fingerprint density at radius 1 is 1.00 bits per heavy atom. The second-order valence-corrected chi connectivity index (χ2v) is 11.1. The first-order valence-electron chi connectivity index (χ1n) is 11.1. The van der Waals surface area contributed by atoms with Crippen LogP contribution >= 0.6 is 11.3 Å². The van der Waals surface area contributed by atoms with Crippen molar-refractivity contribution in [2.24, 2.45) is 0 Å². The van der Waals surface area contributed by atoms with Crippen molar-refractivity contribution in [3.8, 4) is 0 Å². The maximum atomic E-state index is 13.3. The van der Waals surface area contributed by atoms with Crippen molar-refractivity contribution in [3.05, 3.63) is 68.9 Å². The normalized spacial score (nSPS) is 14.2. The Labute approximate surface area is 204 Å². The van der Waals surface area contributed by atoms with E-state index in [9.17, 15) is 13.2 Å². The molecule has 1 saturated heterocycles. The zero-order valence-electron chi connectivity index (χ0n) is 19.8. The third-order valence-electron chi connectivity index (χ3n) is 5.94. The van der Waals surface area contributed by atoms with E-state index in [0.29, 0.717) is 18.1 Å². The Balaban J connectivity index is 1.60. The molecule has 0 bridgehead atoms. The van der Waals surface area contributed by atoms with E-state index in [2.05, 4.69) is 27.9 Å². The minimum atomic E-state index is -3.81. The first kappa shape index (κ1) is 24.3. The predicted octanol–water partition coefficient (Wildman–Crippen LogP) is 4.87. The molecule has 34 heavy (non-hydrogen) atoms. The highest BCUT2D eigenvalue weighted by Gasteiger charge is 2.23. The van der Waals surface area contributed by atoms with Gasteiger partial charge in [0.15, 0.2) is 0 Å². The molecule has 0 unspecified atom stereocenters. The van der Waals surface area contributed by atoms with Crippen LogP contribution in [-0.2, 0) is 14.8 Å². The van der Waals surface area contributed by atoms with Crippen molar-refractivity contribution < 1.29 is 17.9 Å². The summed E-state index contributed by atoms with van der Waals surface area (Å²) in [5.74, 6) is -0.348. The molecule has 3 aromatic rings. The number of nitrogens with one attached hydrogen (secondary N) is 2. The summed E-state index contributed by atoms with van der Waals surface area (Å²) in [7, 11) is -3.81. The fourth-order valence-electron chi connectivity index (χ4n) is 4.30. The summed E-state index contributed by atoms with van der Waals surface area (Å²) < 4.78 is 33.8. The minimum Gasteiger partial charge on any atom is -0.378 e. The molecule has 0 aliphatic carbocycles. The van der Waals surface area contributed by atoms with Gasteiger partial charge in [-0.3, -0.25) is 9.52 Å². The number of anilines is 3. The molecule has 180 valence electrons. The average Bonchev–Trinajstić information content (AvgIpc) is 3.25. The second-order valence-electron chi connectivity index (χ2n) is 8.49. The van der Waals surface area contributed by atoms with Crippen LogP contribution in [0, 0.1) is 27.7 Å². The number of ether oxygens (including phenoxy) is 1. The summed E-state index contributed by atoms with van der Waals surface area (Å²) in [4.78, 5) is 16.0. The van der Waals surface area contributed by atoms with Crippen LogP contribution in [0.2, 0.25) is 0 Å². The molecule has 2 N–H and O–H groups in total. The van der Waals surface area contributed by atoms with Crippen LogP contribution in [0.1, 0.15) is 31.9 Å². The van der Waals surface area contributed by atoms with E-state index in [1.54, 1.807) is 35.7 Å². The van der Waals surface area contributed by atoms with E-state index in [1.165, 1.54) is 11.3 Å². The highest BCUT2D eigenvalue weighted by atomic mass is 32.2. The molecule has 1 aromatic heterocycles. The Morgan fingerprint density at radius 2 is 1.68 bits per heavy atom. The lowest BCUT2D eigenvalue weighted by Crippen LogP contribution is -2.37. The number of rotatable bonds is 6. The van der Waals surface area contributed by atoms with Crippen LogP contribution in [0.15, 0.2) is 46.7 Å². The van der Waals surface area contributed by atoms with Crippen LogP contribution < -0.4 is 14.9 Å². The van der Waals surface area contributed by atoms with Crippen LogP contribution in [-0.4, -0.2) is 40.6 Å². The van der Waals surface area contributed by atoms with Gasteiger partial charge in [-0.15, -0.1) is 11.3 Å². The molecule has 1 amide bonds. The van der Waals surface area contributed by atoms with Gasteiger partial charge in [0.1, 0.15) is 4.88 Å². The van der Waals surface area contributed by atoms with Crippen LogP contribution in [0.5, 0.6) is 0 Å². The van der Waals surface area contributed by atoms with E-state index in [-0.39, 0.29) is 16.5 Å². The predicted molar refractivity (Wildman–Crippen MR) is 138 cm³/mol. The number of amides is 1. The fraction of sp³-hybridized carbons (Fsp3) is 0.320. The maximum Gasteiger partial charge on any atom is 0.267 e. The number of sulfonamides is 1. The minimum absolute atomic E-state index is 0.149. The van der Waals surface area contributed by atoms with Crippen LogP contribution in [0.3, 0.4) is 0 Å². The van der Waals surface area contributed by atoms with Crippen molar-refractivity contribution in [2.45, 2.75) is 32.6 Å². The maximum absolute atomic E-state index is 13.3. The van der Waals surface area contributed by atoms with Gasteiger partial charge in [0, 0.05) is 24.5 Å². The van der Waals surface area contributed by atoms with Gasteiger partial charge in [-0.25, -0.2) is 8.42 Å².